The summed E-state index contributed by atoms with van der Waals surface area (Å²) in [7, 11) is 0. The van der Waals surface area contributed by atoms with Crippen LogP contribution in [0, 0.1) is 11.3 Å². The molecule has 94 valence electrons. The van der Waals surface area contributed by atoms with E-state index in [1.807, 2.05) is 17.0 Å². The second kappa shape index (κ2) is 6.46. The Balaban J connectivity index is 1.85. The van der Waals surface area contributed by atoms with Gasteiger partial charge in [-0.15, -0.1) is 0 Å². The van der Waals surface area contributed by atoms with Gasteiger partial charge in [-0.1, -0.05) is 24.3 Å². The van der Waals surface area contributed by atoms with E-state index in [4.69, 9.17) is 5.26 Å². The minimum atomic E-state index is 0.187. The fourth-order valence-corrected chi connectivity index (χ4v) is 2.81. The van der Waals surface area contributed by atoms with E-state index >= 15 is 0 Å². The molecule has 0 saturated heterocycles. The number of amides is 1. The molecule has 3 nitrogen and oxygen atoms in total. The lowest BCUT2D eigenvalue weighted by Gasteiger charge is -2.28. The van der Waals surface area contributed by atoms with Gasteiger partial charge in [0.05, 0.1) is 11.8 Å². The molecule has 1 aliphatic heterocycles. The summed E-state index contributed by atoms with van der Waals surface area (Å²) in [6, 6.07) is 10.4. The maximum Gasteiger partial charge on any atom is 0.232 e. The van der Waals surface area contributed by atoms with Gasteiger partial charge in [0.2, 0.25) is 5.91 Å². The second-order valence-electron chi connectivity index (χ2n) is 4.29. The predicted molar refractivity (Wildman–Crippen MR) is 73.1 cm³/mol. The van der Waals surface area contributed by atoms with Crippen molar-refractivity contribution in [2.45, 2.75) is 19.4 Å². The van der Waals surface area contributed by atoms with Crippen molar-refractivity contribution in [3.05, 3.63) is 35.4 Å². The highest BCUT2D eigenvalue weighted by molar-refractivity contribution is 7.99. The number of nitrogens with zero attached hydrogens (tertiary/aromatic N) is 2. The normalized spacial score (nSPS) is 13.8. The third-order valence-electron chi connectivity index (χ3n) is 3.07. The van der Waals surface area contributed by atoms with E-state index < -0.39 is 0 Å². The van der Waals surface area contributed by atoms with Crippen LogP contribution in [0.1, 0.15) is 17.5 Å². The van der Waals surface area contributed by atoms with Crippen LogP contribution in [0.5, 0.6) is 0 Å². The standard InChI is InChI=1S/C14H16N2OS/c15-7-3-9-18-11-14(17)16-8-6-12-4-1-2-5-13(12)10-16/h1-2,4-5H,3,6,8-11H2. The number of fused-ring (bicyclic) bond motifs is 1. The highest BCUT2D eigenvalue weighted by Crippen LogP contribution is 2.19. The van der Waals surface area contributed by atoms with Crippen molar-refractivity contribution < 1.29 is 4.79 Å². The summed E-state index contributed by atoms with van der Waals surface area (Å²) in [4.78, 5) is 13.9. The molecule has 0 aliphatic carbocycles. The van der Waals surface area contributed by atoms with Crippen molar-refractivity contribution in [1.82, 2.24) is 4.90 Å². The van der Waals surface area contributed by atoms with Crippen LogP contribution in [0.3, 0.4) is 0 Å². The van der Waals surface area contributed by atoms with Crippen LogP contribution in [0.25, 0.3) is 0 Å². The van der Waals surface area contributed by atoms with Crippen LogP contribution in [-0.4, -0.2) is 28.9 Å². The average Bonchev–Trinajstić information content (AvgIpc) is 2.43. The molecule has 0 fully saturated rings. The van der Waals surface area contributed by atoms with Crippen molar-refractivity contribution >= 4 is 17.7 Å². The second-order valence-corrected chi connectivity index (χ2v) is 5.40. The number of hydrogen-bond acceptors (Lipinski definition) is 3. The molecular formula is C14H16N2OS. The molecule has 0 aromatic heterocycles. The third-order valence-corrected chi connectivity index (χ3v) is 4.01. The van der Waals surface area contributed by atoms with Gasteiger partial charge >= 0.3 is 0 Å². The maximum absolute atomic E-state index is 12.0. The third kappa shape index (κ3) is 3.27. The summed E-state index contributed by atoms with van der Waals surface area (Å²) in [6.45, 7) is 1.54. The van der Waals surface area contributed by atoms with E-state index in [0.717, 1.165) is 25.3 Å². The summed E-state index contributed by atoms with van der Waals surface area (Å²) >= 11 is 1.55. The molecule has 1 heterocycles. The molecule has 1 aliphatic rings. The molecular weight excluding hydrogens is 244 g/mol. The van der Waals surface area contributed by atoms with E-state index in [9.17, 15) is 4.79 Å². The Morgan fingerprint density at radius 3 is 2.94 bits per heavy atom. The van der Waals surface area contributed by atoms with E-state index in [1.54, 1.807) is 11.8 Å². The Bertz CT molecular complexity index is 467. The van der Waals surface area contributed by atoms with Crippen molar-refractivity contribution in [2.75, 3.05) is 18.1 Å². The molecule has 1 aromatic carbocycles. The lowest BCUT2D eigenvalue weighted by Crippen LogP contribution is -2.37. The Morgan fingerprint density at radius 2 is 2.17 bits per heavy atom. The maximum atomic E-state index is 12.0. The minimum Gasteiger partial charge on any atom is -0.337 e. The SMILES string of the molecule is N#CCCSCC(=O)N1CCc2ccccc2C1. The van der Waals surface area contributed by atoms with Crippen molar-refractivity contribution in [2.24, 2.45) is 0 Å². The number of carbonyl (C=O) groups excluding carboxylic acids is 1. The van der Waals surface area contributed by atoms with Gasteiger partial charge in [0.15, 0.2) is 0 Å². The van der Waals surface area contributed by atoms with E-state index in [-0.39, 0.29) is 5.91 Å². The molecule has 2 rings (SSSR count). The Morgan fingerprint density at radius 1 is 1.39 bits per heavy atom. The van der Waals surface area contributed by atoms with Gasteiger partial charge in [0.25, 0.3) is 0 Å². The molecule has 0 spiro atoms. The predicted octanol–water partition coefficient (Wildman–Crippen LogP) is 2.22. The molecule has 1 amide bonds. The van der Waals surface area contributed by atoms with Crippen molar-refractivity contribution in [3.63, 3.8) is 0 Å². The Kier molecular flexibility index (Phi) is 4.66. The summed E-state index contributed by atoms with van der Waals surface area (Å²) in [5.74, 6) is 1.42. The van der Waals surface area contributed by atoms with Crippen LogP contribution in [0.2, 0.25) is 0 Å². The van der Waals surface area contributed by atoms with E-state index in [2.05, 4.69) is 18.2 Å². The summed E-state index contributed by atoms with van der Waals surface area (Å²) < 4.78 is 0. The van der Waals surface area contributed by atoms with E-state index in [0.29, 0.717) is 12.2 Å². The molecule has 0 bridgehead atoms. The zero-order valence-electron chi connectivity index (χ0n) is 10.3. The Hall–Kier alpha value is -1.47. The number of nitriles is 1. The number of thioether (sulfide) groups is 1. The van der Waals surface area contributed by atoms with Gasteiger partial charge in [0, 0.05) is 25.3 Å². The summed E-state index contributed by atoms with van der Waals surface area (Å²) in [5.41, 5.74) is 2.62. The summed E-state index contributed by atoms with van der Waals surface area (Å²) in [6.07, 6.45) is 1.46. The molecule has 0 saturated carbocycles. The number of carbonyl (C=O) groups is 1. The first-order chi connectivity index (χ1) is 8.81. The molecule has 0 atom stereocenters. The van der Waals surface area contributed by atoms with E-state index in [1.165, 1.54) is 11.1 Å². The first-order valence-electron chi connectivity index (χ1n) is 6.10. The van der Waals surface area contributed by atoms with Crippen molar-refractivity contribution in [1.29, 1.82) is 5.26 Å². The highest BCUT2D eigenvalue weighted by Gasteiger charge is 2.19. The fourth-order valence-electron chi connectivity index (χ4n) is 2.08. The van der Waals surface area contributed by atoms with Crippen LogP contribution >= 0.6 is 11.8 Å². The number of hydrogen-bond donors (Lipinski definition) is 0. The molecule has 1 aromatic rings. The first-order valence-corrected chi connectivity index (χ1v) is 7.26. The fraction of sp³-hybridized carbons (Fsp3) is 0.429. The minimum absolute atomic E-state index is 0.187. The Labute approximate surface area is 112 Å². The molecule has 0 radical (unpaired) electrons. The van der Waals surface area contributed by atoms with Crippen LogP contribution < -0.4 is 0 Å². The van der Waals surface area contributed by atoms with Gasteiger partial charge in [0.1, 0.15) is 0 Å². The molecule has 18 heavy (non-hydrogen) atoms. The van der Waals surface area contributed by atoms with Gasteiger partial charge in [-0.2, -0.15) is 17.0 Å². The van der Waals surface area contributed by atoms with Gasteiger partial charge in [-0.3, -0.25) is 4.79 Å². The topological polar surface area (TPSA) is 44.1 Å². The molecule has 4 heteroatoms. The summed E-state index contributed by atoms with van der Waals surface area (Å²) in [5, 5.41) is 8.43. The van der Waals surface area contributed by atoms with Crippen LogP contribution in [0.4, 0.5) is 0 Å². The van der Waals surface area contributed by atoms with Gasteiger partial charge in [-0.25, -0.2) is 0 Å². The molecule has 0 unspecified atom stereocenters. The lowest BCUT2D eigenvalue weighted by atomic mass is 10.00. The monoisotopic (exact) mass is 260 g/mol. The molecule has 0 N–H and O–H groups in total. The number of rotatable bonds is 4. The quantitative estimate of drug-likeness (QED) is 0.780. The van der Waals surface area contributed by atoms with Gasteiger partial charge in [-0.05, 0) is 17.5 Å². The highest BCUT2D eigenvalue weighted by atomic mass is 32.2. The lowest BCUT2D eigenvalue weighted by molar-refractivity contribution is -0.129. The van der Waals surface area contributed by atoms with Crippen molar-refractivity contribution in [3.8, 4) is 6.07 Å². The van der Waals surface area contributed by atoms with Crippen LogP contribution in [0.15, 0.2) is 24.3 Å². The zero-order chi connectivity index (χ0) is 12.8. The van der Waals surface area contributed by atoms with Gasteiger partial charge < -0.3 is 4.90 Å². The largest absolute Gasteiger partial charge is 0.337 e. The van der Waals surface area contributed by atoms with Crippen LogP contribution in [-0.2, 0) is 17.8 Å². The smallest absolute Gasteiger partial charge is 0.232 e. The number of benzene rings is 1. The zero-order valence-corrected chi connectivity index (χ0v) is 11.1. The average molecular weight is 260 g/mol. The first kappa shape index (κ1) is 13.0.